The van der Waals surface area contributed by atoms with Gasteiger partial charge in [0.25, 0.3) is 0 Å². The fourth-order valence-electron chi connectivity index (χ4n) is 4.29. The van der Waals surface area contributed by atoms with Gasteiger partial charge >= 0.3 is 5.97 Å². The minimum absolute atomic E-state index is 0.0357. The molecule has 149 valence electrons. The first-order chi connectivity index (χ1) is 12.1. The first-order valence-electron chi connectivity index (χ1n) is 11.3. The molecule has 0 saturated carbocycles. The normalized spacial score (nSPS) is 13.1. The van der Waals surface area contributed by atoms with Crippen LogP contribution in [0.25, 0.3) is 0 Å². The van der Waals surface area contributed by atoms with E-state index in [-0.39, 0.29) is 11.3 Å². The summed E-state index contributed by atoms with van der Waals surface area (Å²) >= 11 is 0. The lowest BCUT2D eigenvalue weighted by Gasteiger charge is -2.38. The lowest BCUT2D eigenvalue weighted by molar-refractivity contribution is -0.154. The Bertz CT molecular complexity index is 303. The van der Waals surface area contributed by atoms with Crippen molar-refractivity contribution < 1.29 is 9.90 Å². The zero-order valence-corrected chi connectivity index (χ0v) is 17.7. The second kappa shape index (κ2) is 15.7. The Balaban J connectivity index is 4.54. The molecule has 2 nitrogen and oxygen atoms in total. The van der Waals surface area contributed by atoms with Crippen molar-refractivity contribution in [2.45, 2.75) is 130 Å². The van der Waals surface area contributed by atoms with E-state index >= 15 is 0 Å². The molecule has 1 atom stereocenters. The van der Waals surface area contributed by atoms with Crippen LogP contribution in [-0.4, -0.2) is 5.97 Å². The largest absolute Gasteiger partial charge is 0.359 e. The Morgan fingerprint density at radius 3 is 1.52 bits per heavy atom. The maximum absolute atomic E-state index is 12.0. The SMILES string of the molecule is CCCCCCCCCCC(C([O])=O)C(CC)(CCCC)CCCC. The van der Waals surface area contributed by atoms with Gasteiger partial charge in [-0.1, -0.05) is 105 Å². The zero-order chi connectivity index (χ0) is 19.0. The molecule has 2 heteroatoms. The van der Waals surface area contributed by atoms with E-state index in [2.05, 4.69) is 27.7 Å². The Labute approximate surface area is 158 Å². The van der Waals surface area contributed by atoms with Crippen molar-refractivity contribution in [1.29, 1.82) is 0 Å². The van der Waals surface area contributed by atoms with E-state index < -0.39 is 5.97 Å². The van der Waals surface area contributed by atoms with Gasteiger partial charge in [0.05, 0.1) is 5.92 Å². The van der Waals surface area contributed by atoms with E-state index in [1.165, 1.54) is 44.9 Å². The number of unbranched alkanes of at least 4 members (excludes halogenated alkanes) is 9. The van der Waals surface area contributed by atoms with Gasteiger partial charge in [0.2, 0.25) is 0 Å². The summed E-state index contributed by atoms with van der Waals surface area (Å²) in [5, 5.41) is 12.0. The van der Waals surface area contributed by atoms with Crippen molar-refractivity contribution >= 4 is 5.97 Å². The average Bonchev–Trinajstić information content (AvgIpc) is 2.61. The summed E-state index contributed by atoms with van der Waals surface area (Å²) in [6.07, 6.45) is 18.6. The van der Waals surface area contributed by atoms with Gasteiger partial charge in [-0.15, -0.1) is 0 Å². The van der Waals surface area contributed by atoms with Gasteiger partial charge < -0.3 is 0 Å². The highest BCUT2D eigenvalue weighted by Gasteiger charge is 2.40. The first-order valence-corrected chi connectivity index (χ1v) is 11.3. The van der Waals surface area contributed by atoms with Crippen LogP contribution in [-0.2, 0) is 9.90 Å². The molecule has 0 aromatic heterocycles. The molecular weight excluding hydrogens is 308 g/mol. The molecule has 0 rings (SSSR count). The molecule has 25 heavy (non-hydrogen) atoms. The third kappa shape index (κ3) is 10.3. The minimum atomic E-state index is -0.794. The second-order valence-corrected chi connectivity index (χ2v) is 8.06. The van der Waals surface area contributed by atoms with Crippen molar-refractivity contribution in [2.75, 3.05) is 0 Å². The van der Waals surface area contributed by atoms with Gasteiger partial charge in [-0.05, 0) is 31.1 Å². The van der Waals surface area contributed by atoms with E-state index in [0.717, 1.165) is 57.8 Å². The first kappa shape index (κ1) is 24.5. The fraction of sp³-hybridized carbons (Fsp3) is 0.957. The summed E-state index contributed by atoms with van der Waals surface area (Å²) in [4.78, 5) is 12.0. The van der Waals surface area contributed by atoms with Gasteiger partial charge in [-0.25, -0.2) is 9.90 Å². The molecule has 0 aliphatic rings. The smallest absolute Gasteiger partial charge is 0.247 e. The van der Waals surface area contributed by atoms with E-state index in [4.69, 9.17) is 0 Å². The predicted octanol–water partition coefficient (Wildman–Crippen LogP) is 7.87. The van der Waals surface area contributed by atoms with Crippen LogP contribution in [0.4, 0.5) is 0 Å². The molecule has 0 spiro atoms. The van der Waals surface area contributed by atoms with Gasteiger partial charge in [-0.2, -0.15) is 0 Å². The summed E-state index contributed by atoms with van der Waals surface area (Å²) in [7, 11) is 0. The Hall–Kier alpha value is -0.530. The molecule has 0 aromatic rings. The maximum Gasteiger partial charge on any atom is 0.359 e. The highest BCUT2D eigenvalue weighted by atomic mass is 16.4. The molecule has 0 bridgehead atoms. The third-order valence-corrected chi connectivity index (χ3v) is 6.13. The Kier molecular flexibility index (Phi) is 15.4. The molecule has 0 fully saturated rings. The molecule has 0 amide bonds. The molecule has 0 N–H and O–H groups in total. The molecule has 0 saturated heterocycles. The minimum Gasteiger partial charge on any atom is -0.247 e. The summed E-state index contributed by atoms with van der Waals surface area (Å²) < 4.78 is 0. The van der Waals surface area contributed by atoms with Crippen molar-refractivity contribution in [3.63, 3.8) is 0 Å². The lowest BCUT2D eigenvalue weighted by Crippen LogP contribution is -2.35. The monoisotopic (exact) mass is 353 g/mol. The summed E-state index contributed by atoms with van der Waals surface area (Å²) in [6, 6.07) is 0. The Morgan fingerprint density at radius 2 is 1.12 bits per heavy atom. The quantitative estimate of drug-likeness (QED) is 0.231. The standard InChI is InChI=1S/C23H45O2/c1-5-9-12-13-14-15-16-17-18-21(22(24)25)23(8-4,19-10-6-2)20-11-7-3/h21H,5-20H2,1-4H3. The van der Waals surface area contributed by atoms with E-state index in [0.29, 0.717) is 0 Å². The van der Waals surface area contributed by atoms with Crippen molar-refractivity contribution in [2.24, 2.45) is 11.3 Å². The number of carbonyl (C=O) groups excluding carboxylic acids is 1. The van der Waals surface area contributed by atoms with Crippen molar-refractivity contribution in [3.05, 3.63) is 0 Å². The van der Waals surface area contributed by atoms with Gasteiger partial charge in [-0.3, -0.25) is 0 Å². The van der Waals surface area contributed by atoms with E-state index in [9.17, 15) is 9.90 Å². The number of hydrogen-bond donors (Lipinski definition) is 0. The van der Waals surface area contributed by atoms with Crippen LogP contribution in [0.1, 0.15) is 130 Å². The van der Waals surface area contributed by atoms with Crippen LogP contribution >= 0.6 is 0 Å². The molecular formula is C23H45O2. The molecule has 0 aliphatic heterocycles. The van der Waals surface area contributed by atoms with Crippen LogP contribution in [0, 0.1) is 11.3 Å². The summed E-state index contributed by atoms with van der Waals surface area (Å²) in [5.74, 6) is -1.05. The molecule has 0 heterocycles. The highest BCUT2D eigenvalue weighted by molar-refractivity contribution is 5.70. The van der Waals surface area contributed by atoms with Gasteiger partial charge in [0.1, 0.15) is 0 Å². The third-order valence-electron chi connectivity index (χ3n) is 6.13. The van der Waals surface area contributed by atoms with Gasteiger partial charge in [0.15, 0.2) is 0 Å². The average molecular weight is 354 g/mol. The zero-order valence-electron chi connectivity index (χ0n) is 17.7. The van der Waals surface area contributed by atoms with Crippen molar-refractivity contribution in [3.8, 4) is 0 Å². The van der Waals surface area contributed by atoms with E-state index in [1.54, 1.807) is 0 Å². The molecule has 1 radical (unpaired) electrons. The van der Waals surface area contributed by atoms with Crippen LogP contribution in [0.15, 0.2) is 0 Å². The predicted molar refractivity (Wildman–Crippen MR) is 108 cm³/mol. The summed E-state index contributed by atoms with van der Waals surface area (Å²) in [5.41, 5.74) is -0.0357. The Morgan fingerprint density at radius 1 is 0.680 bits per heavy atom. The topological polar surface area (TPSA) is 37.0 Å². The molecule has 0 aromatic carbocycles. The second-order valence-electron chi connectivity index (χ2n) is 8.06. The van der Waals surface area contributed by atoms with Gasteiger partial charge in [0, 0.05) is 0 Å². The fourth-order valence-corrected chi connectivity index (χ4v) is 4.29. The number of hydrogen-bond acceptors (Lipinski definition) is 1. The van der Waals surface area contributed by atoms with Crippen molar-refractivity contribution in [1.82, 2.24) is 0 Å². The van der Waals surface area contributed by atoms with Crippen LogP contribution in [0.3, 0.4) is 0 Å². The molecule has 1 unspecified atom stereocenters. The lowest BCUT2D eigenvalue weighted by atomic mass is 9.65. The number of carbonyl (C=O) groups is 1. The molecule has 0 aliphatic carbocycles. The summed E-state index contributed by atoms with van der Waals surface area (Å²) in [6.45, 7) is 8.84. The van der Waals surface area contributed by atoms with Crippen LogP contribution in [0.2, 0.25) is 0 Å². The maximum atomic E-state index is 12.0. The van der Waals surface area contributed by atoms with E-state index in [1.807, 2.05) is 0 Å². The number of rotatable bonds is 18. The van der Waals surface area contributed by atoms with Crippen LogP contribution in [0.5, 0.6) is 0 Å². The highest BCUT2D eigenvalue weighted by Crippen LogP contribution is 2.44. The van der Waals surface area contributed by atoms with Crippen LogP contribution < -0.4 is 0 Å².